The minimum atomic E-state index is 0.641. The van der Waals surface area contributed by atoms with Crippen molar-refractivity contribution in [2.75, 3.05) is 13.1 Å². The minimum absolute atomic E-state index is 0.641. The zero-order valence-electron chi connectivity index (χ0n) is 6.28. The highest BCUT2D eigenvalue weighted by atomic mass is 15.0. The predicted molar refractivity (Wildman–Crippen MR) is 39.5 cm³/mol. The van der Waals surface area contributed by atoms with Crippen LogP contribution in [0, 0.1) is 0 Å². The fourth-order valence-electron chi connectivity index (χ4n) is 1.27. The molecule has 0 aromatic rings. The van der Waals surface area contributed by atoms with Crippen LogP contribution in [0.1, 0.15) is 20.3 Å². The first-order chi connectivity index (χ1) is 4.29. The van der Waals surface area contributed by atoms with Crippen molar-refractivity contribution in [3.63, 3.8) is 0 Å². The molecule has 1 saturated heterocycles. The fourth-order valence-corrected chi connectivity index (χ4v) is 1.27. The molecule has 0 bridgehead atoms. The molecular weight excluding hydrogens is 112 g/mol. The number of rotatable bonds is 0. The van der Waals surface area contributed by atoms with E-state index in [1.807, 2.05) is 0 Å². The highest BCUT2D eigenvalue weighted by Crippen LogP contribution is 1.95. The van der Waals surface area contributed by atoms with Crippen molar-refractivity contribution < 1.29 is 0 Å². The summed E-state index contributed by atoms with van der Waals surface area (Å²) in [6, 6.07) is 1.33. The van der Waals surface area contributed by atoms with Gasteiger partial charge in [-0.2, -0.15) is 0 Å². The van der Waals surface area contributed by atoms with E-state index in [0.29, 0.717) is 12.1 Å². The SMILES string of the molecule is CC1CCNC[C@@H](C)N1. The van der Waals surface area contributed by atoms with Gasteiger partial charge in [0.2, 0.25) is 0 Å². The molecule has 1 heterocycles. The zero-order valence-corrected chi connectivity index (χ0v) is 6.28. The Morgan fingerprint density at radius 2 is 2.00 bits per heavy atom. The maximum Gasteiger partial charge on any atom is 0.0166 e. The molecule has 0 spiro atoms. The van der Waals surface area contributed by atoms with Gasteiger partial charge < -0.3 is 10.6 Å². The van der Waals surface area contributed by atoms with Crippen molar-refractivity contribution >= 4 is 0 Å². The van der Waals surface area contributed by atoms with Crippen molar-refractivity contribution in [2.24, 2.45) is 0 Å². The summed E-state index contributed by atoms with van der Waals surface area (Å²) in [7, 11) is 0. The lowest BCUT2D eigenvalue weighted by Gasteiger charge is -2.13. The third-order valence-electron chi connectivity index (χ3n) is 1.77. The number of hydrogen-bond donors (Lipinski definition) is 2. The molecule has 0 aromatic heterocycles. The molecule has 0 amide bonds. The van der Waals surface area contributed by atoms with Crippen LogP contribution >= 0.6 is 0 Å². The Bertz CT molecular complexity index is 73.0. The van der Waals surface area contributed by atoms with Gasteiger partial charge in [-0.15, -0.1) is 0 Å². The Balaban J connectivity index is 2.29. The van der Waals surface area contributed by atoms with E-state index in [0.717, 1.165) is 6.54 Å². The molecular formula is C7H16N2. The van der Waals surface area contributed by atoms with Crippen LogP contribution in [0.25, 0.3) is 0 Å². The molecule has 1 rings (SSSR count). The second kappa shape index (κ2) is 3.18. The molecule has 0 aliphatic carbocycles. The summed E-state index contributed by atoms with van der Waals surface area (Å²) in [4.78, 5) is 0. The third kappa shape index (κ3) is 2.33. The summed E-state index contributed by atoms with van der Waals surface area (Å²) in [6.07, 6.45) is 1.25. The predicted octanol–water partition coefficient (Wildman–Crippen LogP) is 0.346. The van der Waals surface area contributed by atoms with Crippen molar-refractivity contribution in [2.45, 2.75) is 32.4 Å². The van der Waals surface area contributed by atoms with Crippen LogP contribution in [0.3, 0.4) is 0 Å². The summed E-state index contributed by atoms with van der Waals surface area (Å²) in [6.45, 7) is 6.74. The number of hydrogen-bond acceptors (Lipinski definition) is 2. The van der Waals surface area contributed by atoms with E-state index < -0.39 is 0 Å². The lowest BCUT2D eigenvalue weighted by molar-refractivity contribution is 0.490. The lowest BCUT2D eigenvalue weighted by atomic mass is 10.2. The van der Waals surface area contributed by atoms with Crippen LogP contribution < -0.4 is 10.6 Å². The molecule has 1 unspecified atom stereocenters. The van der Waals surface area contributed by atoms with Gasteiger partial charge in [0.25, 0.3) is 0 Å². The van der Waals surface area contributed by atoms with E-state index in [4.69, 9.17) is 0 Å². The summed E-state index contributed by atoms with van der Waals surface area (Å²) < 4.78 is 0. The van der Waals surface area contributed by atoms with Crippen LogP contribution in [0.4, 0.5) is 0 Å². The van der Waals surface area contributed by atoms with Crippen molar-refractivity contribution in [3.05, 3.63) is 0 Å². The van der Waals surface area contributed by atoms with Gasteiger partial charge in [-0.3, -0.25) is 0 Å². The molecule has 54 valence electrons. The van der Waals surface area contributed by atoms with Crippen LogP contribution in [-0.4, -0.2) is 25.2 Å². The smallest absolute Gasteiger partial charge is 0.0166 e. The Hall–Kier alpha value is -0.0800. The van der Waals surface area contributed by atoms with Gasteiger partial charge in [-0.05, 0) is 26.8 Å². The first kappa shape index (κ1) is 7.03. The van der Waals surface area contributed by atoms with Gasteiger partial charge in [0, 0.05) is 18.6 Å². The zero-order chi connectivity index (χ0) is 6.69. The second-order valence-corrected chi connectivity index (χ2v) is 2.96. The van der Waals surface area contributed by atoms with Gasteiger partial charge in [0.1, 0.15) is 0 Å². The van der Waals surface area contributed by atoms with Crippen LogP contribution in [0.5, 0.6) is 0 Å². The van der Waals surface area contributed by atoms with Gasteiger partial charge in [-0.25, -0.2) is 0 Å². The van der Waals surface area contributed by atoms with Gasteiger partial charge in [0.05, 0.1) is 0 Å². The normalized spacial score (nSPS) is 38.0. The topological polar surface area (TPSA) is 24.1 Å². The van der Waals surface area contributed by atoms with Crippen molar-refractivity contribution in [3.8, 4) is 0 Å². The molecule has 1 aliphatic heterocycles. The quantitative estimate of drug-likeness (QED) is 0.492. The van der Waals surface area contributed by atoms with E-state index in [1.54, 1.807) is 0 Å². The third-order valence-corrected chi connectivity index (χ3v) is 1.77. The van der Waals surface area contributed by atoms with Crippen molar-refractivity contribution in [1.29, 1.82) is 0 Å². The van der Waals surface area contributed by atoms with E-state index in [2.05, 4.69) is 24.5 Å². The average molecular weight is 128 g/mol. The van der Waals surface area contributed by atoms with E-state index in [-0.39, 0.29) is 0 Å². The first-order valence-corrected chi connectivity index (χ1v) is 3.76. The van der Waals surface area contributed by atoms with E-state index in [9.17, 15) is 0 Å². The van der Waals surface area contributed by atoms with Crippen LogP contribution in [-0.2, 0) is 0 Å². The monoisotopic (exact) mass is 128 g/mol. The highest BCUT2D eigenvalue weighted by molar-refractivity contribution is 4.74. The standard InChI is InChI=1S/C7H16N2/c1-6-3-4-8-5-7(2)9-6/h6-9H,3-5H2,1-2H3/t6?,7-/m1/s1. The first-order valence-electron chi connectivity index (χ1n) is 3.76. The second-order valence-electron chi connectivity index (χ2n) is 2.96. The largest absolute Gasteiger partial charge is 0.315 e. The average Bonchev–Trinajstić information content (AvgIpc) is 1.93. The number of nitrogens with one attached hydrogen (secondary N) is 2. The molecule has 2 atom stereocenters. The fraction of sp³-hybridized carbons (Fsp3) is 1.00. The summed E-state index contributed by atoms with van der Waals surface area (Å²) >= 11 is 0. The Labute approximate surface area is 57.0 Å². The summed E-state index contributed by atoms with van der Waals surface area (Å²) in [5.41, 5.74) is 0. The van der Waals surface area contributed by atoms with Crippen molar-refractivity contribution in [1.82, 2.24) is 10.6 Å². The van der Waals surface area contributed by atoms with Crippen LogP contribution in [0.2, 0.25) is 0 Å². The van der Waals surface area contributed by atoms with E-state index in [1.165, 1.54) is 13.0 Å². The lowest BCUT2D eigenvalue weighted by Crippen LogP contribution is -2.36. The highest BCUT2D eigenvalue weighted by Gasteiger charge is 2.09. The molecule has 1 fully saturated rings. The molecule has 0 radical (unpaired) electrons. The van der Waals surface area contributed by atoms with Gasteiger partial charge in [0.15, 0.2) is 0 Å². The molecule has 9 heavy (non-hydrogen) atoms. The Morgan fingerprint density at radius 3 is 2.78 bits per heavy atom. The molecule has 0 aromatic carbocycles. The van der Waals surface area contributed by atoms with Crippen LogP contribution in [0.15, 0.2) is 0 Å². The van der Waals surface area contributed by atoms with Gasteiger partial charge >= 0.3 is 0 Å². The Kier molecular flexibility index (Phi) is 2.49. The minimum Gasteiger partial charge on any atom is -0.315 e. The Morgan fingerprint density at radius 1 is 1.22 bits per heavy atom. The molecule has 2 heteroatoms. The summed E-state index contributed by atoms with van der Waals surface area (Å²) in [5, 5.41) is 6.84. The molecule has 2 N–H and O–H groups in total. The maximum atomic E-state index is 3.48. The maximum absolute atomic E-state index is 3.48. The van der Waals surface area contributed by atoms with Gasteiger partial charge in [-0.1, -0.05) is 0 Å². The summed E-state index contributed by atoms with van der Waals surface area (Å²) in [5.74, 6) is 0. The molecule has 0 saturated carbocycles. The molecule has 2 nitrogen and oxygen atoms in total. The molecule has 1 aliphatic rings. The van der Waals surface area contributed by atoms with E-state index >= 15 is 0 Å².